The smallest absolute Gasteiger partial charge is 0.262 e. The zero-order valence-corrected chi connectivity index (χ0v) is 13.6. The van der Waals surface area contributed by atoms with Gasteiger partial charge in [0.2, 0.25) is 0 Å². The van der Waals surface area contributed by atoms with Gasteiger partial charge in [-0.25, -0.2) is 8.42 Å². The van der Waals surface area contributed by atoms with Crippen LogP contribution in [0.3, 0.4) is 0 Å². The predicted octanol–water partition coefficient (Wildman–Crippen LogP) is 0.931. The van der Waals surface area contributed by atoms with Crippen molar-refractivity contribution in [1.82, 2.24) is 0 Å². The monoisotopic (exact) mass is 348 g/mol. The molecular weight excluding hydrogens is 334 g/mol. The summed E-state index contributed by atoms with van der Waals surface area (Å²) in [7, 11) is -3.91. The summed E-state index contributed by atoms with van der Waals surface area (Å²) < 4.78 is 38.2. The zero-order chi connectivity index (χ0) is 17.3. The third-order valence-corrected chi connectivity index (χ3v) is 4.90. The van der Waals surface area contributed by atoms with Crippen LogP contribution in [-0.2, 0) is 10.0 Å². The molecule has 1 N–H and O–H groups in total. The van der Waals surface area contributed by atoms with Gasteiger partial charge in [0.25, 0.3) is 10.0 Å². The summed E-state index contributed by atoms with van der Waals surface area (Å²) in [4.78, 5) is 10.9. The highest BCUT2D eigenvalue weighted by Gasteiger charge is 2.20. The Balaban J connectivity index is 1.94. The van der Waals surface area contributed by atoms with E-state index in [1.165, 1.54) is 36.4 Å². The van der Waals surface area contributed by atoms with E-state index in [-0.39, 0.29) is 16.1 Å². The molecule has 0 saturated heterocycles. The lowest BCUT2D eigenvalue weighted by molar-refractivity contribution is -0.255. The molecule has 3 rings (SSSR count). The van der Waals surface area contributed by atoms with E-state index in [2.05, 4.69) is 4.72 Å². The quantitative estimate of drug-likeness (QED) is 0.881. The molecule has 2 aromatic rings. The first-order valence-corrected chi connectivity index (χ1v) is 8.59. The molecule has 2 aromatic carbocycles. The summed E-state index contributed by atoms with van der Waals surface area (Å²) in [5, 5.41) is 10.9. The maximum absolute atomic E-state index is 12.6. The highest BCUT2D eigenvalue weighted by atomic mass is 32.2. The van der Waals surface area contributed by atoms with Gasteiger partial charge in [0.1, 0.15) is 13.2 Å². The fourth-order valence-corrected chi connectivity index (χ4v) is 3.39. The van der Waals surface area contributed by atoms with Crippen molar-refractivity contribution in [1.29, 1.82) is 0 Å². The Morgan fingerprint density at radius 2 is 1.79 bits per heavy atom. The molecule has 126 valence electrons. The lowest BCUT2D eigenvalue weighted by Crippen LogP contribution is -2.23. The average Bonchev–Trinajstić information content (AvgIpc) is 2.56. The van der Waals surface area contributed by atoms with Gasteiger partial charge in [0.05, 0.1) is 16.6 Å². The Kier molecular flexibility index (Phi) is 4.06. The number of benzene rings is 2. The number of fused-ring (bicyclic) bond motifs is 1. The number of nitrogens with one attached hydrogen (secondary N) is 1. The molecule has 0 aliphatic carbocycles. The van der Waals surface area contributed by atoms with Gasteiger partial charge in [-0.2, -0.15) is 0 Å². The van der Waals surface area contributed by atoms with Crippen molar-refractivity contribution in [2.75, 3.05) is 17.9 Å². The van der Waals surface area contributed by atoms with Crippen LogP contribution in [0.1, 0.15) is 15.9 Å². The van der Waals surface area contributed by atoms with Crippen molar-refractivity contribution >= 4 is 21.7 Å². The second-order valence-corrected chi connectivity index (χ2v) is 6.91. The third-order valence-electron chi connectivity index (χ3n) is 3.54. The first-order valence-electron chi connectivity index (χ1n) is 7.11. The Morgan fingerprint density at radius 3 is 2.50 bits per heavy atom. The van der Waals surface area contributed by atoms with Crippen LogP contribution in [-0.4, -0.2) is 27.6 Å². The fraction of sp³-hybridized carbons (Fsp3) is 0.188. The van der Waals surface area contributed by atoms with Crippen LogP contribution in [0.15, 0.2) is 41.3 Å². The minimum atomic E-state index is -3.91. The van der Waals surface area contributed by atoms with Crippen molar-refractivity contribution in [3.05, 3.63) is 47.5 Å². The number of carboxylic acids is 1. The molecule has 1 heterocycles. The molecule has 8 heteroatoms. The van der Waals surface area contributed by atoms with Gasteiger partial charge in [-0.3, -0.25) is 4.72 Å². The van der Waals surface area contributed by atoms with Gasteiger partial charge in [0, 0.05) is 6.07 Å². The fourth-order valence-electron chi connectivity index (χ4n) is 2.25. The molecule has 0 unspecified atom stereocenters. The molecule has 7 nitrogen and oxygen atoms in total. The molecule has 24 heavy (non-hydrogen) atoms. The molecule has 0 saturated carbocycles. The number of rotatable bonds is 4. The molecule has 0 aromatic heterocycles. The molecule has 0 atom stereocenters. The van der Waals surface area contributed by atoms with Crippen LogP contribution in [0.4, 0.5) is 5.69 Å². The number of sulfonamides is 1. The van der Waals surface area contributed by atoms with Gasteiger partial charge >= 0.3 is 0 Å². The minimum absolute atomic E-state index is 0.00926. The van der Waals surface area contributed by atoms with Crippen molar-refractivity contribution in [2.24, 2.45) is 0 Å². The molecule has 1 aliphatic heterocycles. The topological polar surface area (TPSA) is 105 Å². The molecule has 0 spiro atoms. The van der Waals surface area contributed by atoms with Gasteiger partial charge in [0.15, 0.2) is 11.5 Å². The predicted molar refractivity (Wildman–Crippen MR) is 83.8 cm³/mol. The van der Waals surface area contributed by atoms with Gasteiger partial charge in [-0.05, 0) is 36.2 Å². The van der Waals surface area contributed by atoms with E-state index in [9.17, 15) is 18.3 Å². The standard InChI is InChI=1S/C16H15NO6S/c1-10-2-3-11(16(18)19)8-13(10)17-24(20,21)12-4-5-14-15(9-12)23-7-6-22-14/h2-5,8-9,17H,6-7H2,1H3,(H,18,19)/p-1. The summed E-state index contributed by atoms with van der Waals surface area (Å²) in [6.07, 6.45) is 0. The number of aromatic carboxylic acids is 1. The van der Waals surface area contributed by atoms with E-state index in [1.54, 1.807) is 6.92 Å². The number of carbonyl (C=O) groups is 1. The normalized spacial score (nSPS) is 13.4. The van der Waals surface area contributed by atoms with Crippen LogP contribution in [0.2, 0.25) is 0 Å². The number of carbonyl (C=O) groups excluding carboxylic acids is 1. The third kappa shape index (κ3) is 3.13. The highest BCUT2D eigenvalue weighted by molar-refractivity contribution is 7.92. The number of hydrogen-bond donors (Lipinski definition) is 1. The van der Waals surface area contributed by atoms with Crippen LogP contribution in [0.25, 0.3) is 0 Å². The molecule has 1 aliphatic rings. The van der Waals surface area contributed by atoms with Crippen molar-refractivity contribution < 1.29 is 27.8 Å². The van der Waals surface area contributed by atoms with E-state index < -0.39 is 16.0 Å². The molecule has 0 amide bonds. The highest BCUT2D eigenvalue weighted by Crippen LogP contribution is 2.33. The average molecular weight is 348 g/mol. The number of carboxylic acid groups (broad SMARTS) is 1. The first-order chi connectivity index (χ1) is 11.4. The maximum atomic E-state index is 12.6. The van der Waals surface area contributed by atoms with Crippen molar-refractivity contribution in [3.63, 3.8) is 0 Å². The summed E-state index contributed by atoms with van der Waals surface area (Å²) in [5.74, 6) is -0.547. The van der Waals surface area contributed by atoms with Crippen LogP contribution < -0.4 is 19.3 Å². The Labute approximate surface area is 138 Å². The summed E-state index contributed by atoms with van der Waals surface area (Å²) in [6.45, 7) is 2.42. The SMILES string of the molecule is Cc1ccc(C(=O)[O-])cc1NS(=O)(=O)c1ccc2c(c1)OCCO2. The molecule has 0 fully saturated rings. The van der Waals surface area contributed by atoms with Crippen LogP contribution in [0, 0.1) is 6.92 Å². The van der Waals surface area contributed by atoms with Crippen molar-refractivity contribution in [2.45, 2.75) is 11.8 Å². The van der Waals surface area contributed by atoms with E-state index >= 15 is 0 Å². The van der Waals surface area contributed by atoms with E-state index in [4.69, 9.17) is 9.47 Å². The number of anilines is 1. The summed E-state index contributed by atoms with van der Waals surface area (Å²) in [6, 6.07) is 8.37. The number of aryl methyl sites for hydroxylation is 1. The molecule has 0 radical (unpaired) electrons. The van der Waals surface area contributed by atoms with Gasteiger partial charge in [-0.15, -0.1) is 0 Å². The van der Waals surface area contributed by atoms with E-state index in [0.717, 1.165) is 0 Å². The first kappa shape index (κ1) is 16.1. The molecular formula is C16H14NO6S-. The van der Waals surface area contributed by atoms with E-state index in [0.29, 0.717) is 30.3 Å². The maximum Gasteiger partial charge on any atom is 0.262 e. The number of ether oxygens (including phenoxy) is 2. The van der Waals surface area contributed by atoms with Crippen molar-refractivity contribution in [3.8, 4) is 11.5 Å². The lowest BCUT2D eigenvalue weighted by Gasteiger charge is -2.19. The Bertz CT molecular complexity index is 907. The van der Waals surface area contributed by atoms with Crippen LogP contribution >= 0.6 is 0 Å². The molecule has 0 bridgehead atoms. The Morgan fingerprint density at radius 1 is 1.08 bits per heavy atom. The largest absolute Gasteiger partial charge is 0.545 e. The Hall–Kier alpha value is -2.74. The lowest BCUT2D eigenvalue weighted by atomic mass is 10.1. The van der Waals surface area contributed by atoms with Gasteiger partial charge in [-0.1, -0.05) is 12.1 Å². The number of hydrogen-bond acceptors (Lipinski definition) is 6. The van der Waals surface area contributed by atoms with Gasteiger partial charge < -0.3 is 19.4 Å². The van der Waals surface area contributed by atoms with E-state index in [1.807, 2.05) is 0 Å². The summed E-state index contributed by atoms with van der Waals surface area (Å²) in [5.41, 5.74) is 0.646. The summed E-state index contributed by atoms with van der Waals surface area (Å²) >= 11 is 0. The zero-order valence-electron chi connectivity index (χ0n) is 12.7. The second-order valence-electron chi connectivity index (χ2n) is 5.23. The second kappa shape index (κ2) is 6.04. The van der Waals surface area contributed by atoms with Crippen LogP contribution in [0.5, 0.6) is 11.5 Å². The minimum Gasteiger partial charge on any atom is -0.545 e.